The van der Waals surface area contributed by atoms with Crippen molar-refractivity contribution in [1.82, 2.24) is 5.32 Å². The van der Waals surface area contributed by atoms with Gasteiger partial charge < -0.3 is 11.1 Å². The summed E-state index contributed by atoms with van der Waals surface area (Å²) in [7, 11) is 0. The third-order valence-corrected chi connectivity index (χ3v) is 5.73. The first-order chi connectivity index (χ1) is 11.4. The van der Waals surface area contributed by atoms with Gasteiger partial charge >= 0.3 is 0 Å². The van der Waals surface area contributed by atoms with Crippen molar-refractivity contribution in [2.24, 2.45) is 16.6 Å². The molecule has 2 heteroatoms. The Morgan fingerprint density at radius 1 is 0.833 bits per heavy atom. The predicted octanol–water partition coefficient (Wildman–Crippen LogP) is 6.04. The first-order valence-corrected chi connectivity index (χ1v) is 10.8. The molecule has 0 heterocycles. The largest absolute Gasteiger partial charge is 0.328 e. The molecule has 0 aliphatic heterocycles. The highest BCUT2D eigenvalue weighted by molar-refractivity contribution is 4.94. The van der Waals surface area contributed by atoms with Gasteiger partial charge in [-0.2, -0.15) is 0 Å². The van der Waals surface area contributed by atoms with Crippen LogP contribution in [0.3, 0.4) is 0 Å². The van der Waals surface area contributed by atoms with E-state index in [-0.39, 0.29) is 0 Å². The molecule has 1 aliphatic rings. The zero-order chi connectivity index (χ0) is 17.9. The summed E-state index contributed by atoms with van der Waals surface area (Å²) in [6.45, 7) is 11.8. The lowest BCUT2D eigenvalue weighted by Crippen LogP contribution is -2.46. The van der Waals surface area contributed by atoms with Crippen LogP contribution in [0.1, 0.15) is 111 Å². The van der Waals surface area contributed by atoms with Gasteiger partial charge in [-0.1, -0.05) is 85.5 Å². The number of hydrogen-bond acceptors (Lipinski definition) is 2. The summed E-state index contributed by atoms with van der Waals surface area (Å²) < 4.78 is 0. The van der Waals surface area contributed by atoms with Crippen LogP contribution in [0.4, 0.5) is 0 Å². The van der Waals surface area contributed by atoms with E-state index in [9.17, 15) is 0 Å². The van der Waals surface area contributed by atoms with E-state index in [1.807, 2.05) is 0 Å². The third kappa shape index (κ3) is 10.0. The lowest BCUT2D eigenvalue weighted by atomic mass is 9.63. The standard InChI is InChI=1S/C22H46N2/c1-5-6-7-8-9-10-11-12-13-14-15-24-19-22(4)17-20(23)16-21(2,3)18-22/h20,24H,5-19,23H2,1-4H3. The summed E-state index contributed by atoms with van der Waals surface area (Å²) in [5.41, 5.74) is 7.09. The second-order valence-corrected chi connectivity index (χ2v) is 9.68. The lowest BCUT2D eigenvalue weighted by molar-refractivity contribution is 0.0828. The van der Waals surface area contributed by atoms with Crippen LogP contribution in [-0.4, -0.2) is 19.1 Å². The summed E-state index contributed by atoms with van der Waals surface area (Å²) in [6, 6.07) is 0.387. The fourth-order valence-electron chi connectivity index (χ4n) is 4.98. The van der Waals surface area contributed by atoms with E-state index in [2.05, 4.69) is 33.0 Å². The molecule has 2 unspecified atom stereocenters. The molecule has 0 saturated heterocycles. The molecule has 0 aromatic rings. The van der Waals surface area contributed by atoms with Gasteiger partial charge in [0.05, 0.1) is 0 Å². The molecular formula is C22H46N2. The summed E-state index contributed by atoms with van der Waals surface area (Å²) in [5, 5.41) is 3.72. The Morgan fingerprint density at radius 2 is 1.38 bits per heavy atom. The normalized spacial score (nSPS) is 26.6. The summed E-state index contributed by atoms with van der Waals surface area (Å²) >= 11 is 0. The van der Waals surface area contributed by atoms with Crippen molar-refractivity contribution in [3.63, 3.8) is 0 Å². The fraction of sp³-hybridized carbons (Fsp3) is 1.00. The van der Waals surface area contributed by atoms with Crippen LogP contribution in [-0.2, 0) is 0 Å². The molecule has 2 atom stereocenters. The highest BCUT2D eigenvalue weighted by Crippen LogP contribution is 2.45. The molecule has 0 bridgehead atoms. The van der Waals surface area contributed by atoms with E-state index in [0.717, 1.165) is 6.54 Å². The minimum Gasteiger partial charge on any atom is -0.328 e. The average Bonchev–Trinajstić information content (AvgIpc) is 2.45. The van der Waals surface area contributed by atoms with E-state index in [4.69, 9.17) is 5.73 Å². The first-order valence-electron chi connectivity index (χ1n) is 10.8. The number of nitrogens with one attached hydrogen (secondary N) is 1. The molecule has 0 spiro atoms. The molecule has 0 aromatic carbocycles. The van der Waals surface area contributed by atoms with Gasteiger partial charge in [-0.15, -0.1) is 0 Å². The van der Waals surface area contributed by atoms with Gasteiger partial charge in [-0.3, -0.25) is 0 Å². The molecule has 1 saturated carbocycles. The van der Waals surface area contributed by atoms with Crippen molar-refractivity contribution >= 4 is 0 Å². The Kier molecular flexibility index (Phi) is 10.5. The predicted molar refractivity (Wildman–Crippen MR) is 108 cm³/mol. The second-order valence-electron chi connectivity index (χ2n) is 9.68. The SMILES string of the molecule is CCCCCCCCCCCCNCC1(C)CC(N)CC(C)(C)C1. The van der Waals surface area contributed by atoms with Crippen LogP contribution in [0, 0.1) is 10.8 Å². The summed E-state index contributed by atoms with van der Waals surface area (Å²) in [4.78, 5) is 0. The Balaban J connectivity index is 1.96. The van der Waals surface area contributed by atoms with Crippen molar-refractivity contribution in [1.29, 1.82) is 0 Å². The maximum Gasteiger partial charge on any atom is 0.00495 e. The van der Waals surface area contributed by atoms with Gasteiger partial charge in [-0.05, 0) is 43.1 Å². The van der Waals surface area contributed by atoms with Crippen LogP contribution < -0.4 is 11.1 Å². The quantitative estimate of drug-likeness (QED) is 0.402. The van der Waals surface area contributed by atoms with E-state index in [1.54, 1.807) is 0 Å². The molecule has 1 rings (SSSR count). The molecule has 2 nitrogen and oxygen atoms in total. The molecule has 1 fully saturated rings. The van der Waals surface area contributed by atoms with Crippen LogP contribution in [0.5, 0.6) is 0 Å². The van der Waals surface area contributed by atoms with Crippen molar-refractivity contribution in [3.8, 4) is 0 Å². The zero-order valence-corrected chi connectivity index (χ0v) is 17.3. The molecule has 0 amide bonds. The minimum atomic E-state index is 0.387. The van der Waals surface area contributed by atoms with E-state index >= 15 is 0 Å². The number of hydrogen-bond donors (Lipinski definition) is 2. The number of rotatable bonds is 13. The second kappa shape index (κ2) is 11.5. The van der Waals surface area contributed by atoms with Gasteiger partial charge in [-0.25, -0.2) is 0 Å². The highest BCUT2D eigenvalue weighted by atomic mass is 14.9. The van der Waals surface area contributed by atoms with E-state index in [0.29, 0.717) is 16.9 Å². The molecule has 1 aliphatic carbocycles. The lowest BCUT2D eigenvalue weighted by Gasteiger charge is -2.46. The van der Waals surface area contributed by atoms with Gasteiger partial charge in [0, 0.05) is 12.6 Å². The third-order valence-electron chi connectivity index (χ3n) is 5.73. The van der Waals surface area contributed by atoms with E-state index in [1.165, 1.54) is 90.0 Å². The molecular weight excluding hydrogens is 292 g/mol. The van der Waals surface area contributed by atoms with Crippen molar-refractivity contribution in [2.45, 2.75) is 117 Å². The van der Waals surface area contributed by atoms with Crippen LogP contribution in [0.25, 0.3) is 0 Å². The Hall–Kier alpha value is -0.0800. The minimum absolute atomic E-state index is 0.387. The molecule has 3 N–H and O–H groups in total. The molecule has 0 radical (unpaired) electrons. The fourth-order valence-corrected chi connectivity index (χ4v) is 4.98. The smallest absolute Gasteiger partial charge is 0.00495 e. The van der Waals surface area contributed by atoms with E-state index < -0.39 is 0 Å². The van der Waals surface area contributed by atoms with Crippen LogP contribution in [0.2, 0.25) is 0 Å². The maximum atomic E-state index is 6.29. The first kappa shape index (κ1) is 22.0. The Labute approximate surface area is 152 Å². The zero-order valence-electron chi connectivity index (χ0n) is 17.3. The summed E-state index contributed by atoms with van der Waals surface area (Å²) in [5.74, 6) is 0. The number of nitrogens with two attached hydrogens (primary N) is 1. The van der Waals surface area contributed by atoms with Gasteiger partial charge in [0.2, 0.25) is 0 Å². The van der Waals surface area contributed by atoms with Crippen molar-refractivity contribution in [3.05, 3.63) is 0 Å². The van der Waals surface area contributed by atoms with Crippen molar-refractivity contribution < 1.29 is 0 Å². The molecule has 0 aromatic heterocycles. The van der Waals surface area contributed by atoms with Gasteiger partial charge in [0.25, 0.3) is 0 Å². The average molecular weight is 339 g/mol. The monoisotopic (exact) mass is 338 g/mol. The Bertz CT molecular complexity index is 313. The number of unbranched alkanes of at least 4 members (excludes halogenated alkanes) is 9. The Morgan fingerprint density at radius 3 is 1.92 bits per heavy atom. The van der Waals surface area contributed by atoms with Gasteiger partial charge in [0.15, 0.2) is 0 Å². The topological polar surface area (TPSA) is 38.0 Å². The molecule has 24 heavy (non-hydrogen) atoms. The van der Waals surface area contributed by atoms with Gasteiger partial charge in [0.1, 0.15) is 0 Å². The van der Waals surface area contributed by atoms with Crippen LogP contribution >= 0.6 is 0 Å². The summed E-state index contributed by atoms with van der Waals surface area (Å²) in [6.07, 6.45) is 17.8. The highest BCUT2D eigenvalue weighted by Gasteiger charge is 2.39. The molecule has 144 valence electrons. The van der Waals surface area contributed by atoms with Crippen LogP contribution in [0.15, 0.2) is 0 Å². The maximum absolute atomic E-state index is 6.29. The van der Waals surface area contributed by atoms with Crippen molar-refractivity contribution in [2.75, 3.05) is 13.1 Å².